The van der Waals surface area contributed by atoms with Crippen LogP contribution in [-0.2, 0) is 0 Å². The number of pyridine rings is 1. The molecule has 128 valence electrons. The van der Waals surface area contributed by atoms with Gasteiger partial charge in [-0.1, -0.05) is 19.8 Å². The van der Waals surface area contributed by atoms with E-state index in [0.29, 0.717) is 11.3 Å². The first-order valence-corrected chi connectivity index (χ1v) is 8.83. The summed E-state index contributed by atoms with van der Waals surface area (Å²) >= 11 is 0. The monoisotopic (exact) mass is 319 g/mol. The Labute approximate surface area is 138 Å². The molecule has 1 aromatic heterocycles. The summed E-state index contributed by atoms with van der Waals surface area (Å²) in [6, 6.07) is 3.07. The van der Waals surface area contributed by atoms with Gasteiger partial charge in [0.05, 0.1) is 5.56 Å². The molecular formula is C18H29N3O2. The van der Waals surface area contributed by atoms with Gasteiger partial charge in [0.1, 0.15) is 0 Å². The van der Waals surface area contributed by atoms with Crippen molar-refractivity contribution in [2.24, 2.45) is 0 Å². The van der Waals surface area contributed by atoms with Crippen LogP contribution in [0.1, 0.15) is 55.1 Å². The van der Waals surface area contributed by atoms with Crippen molar-refractivity contribution < 1.29 is 4.79 Å². The Morgan fingerprint density at radius 1 is 1.17 bits per heavy atom. The summed E-state index contributed by atoms with van der Waals surface area (Å²) in [6.07, 6.45) is 6.12. The number of carbonyl (C=O) groups excluding carboxylic acids is 1. The number of aromatic nitrogens is 1. The Balaban J connectivity index is 2.01. The SMILES string of the molecule is CCCN(CCN1CCCCCC1)C(=O)c1ccc(=O)[nH]c1C. The Hall–Kier alpha value is -1.62. The van der Waals surface area contributed by atoms with E-state index in [-0.39, 0.29) is 11.5 Å². The van der Waals surface area contributed by atoms with Gasteiger partial charge in [-0.05, 0) is 45.3 Å². The van der Waals surface area contributed by atoms with Crippen molar-refractivity contribution in [3.05, 3.63) is 33.7 Å². The fraction of sp³-hybridized carbons (Fsp3) is 0.667. The van der Waals surface area contributed by atoms with Gasteiger partial charge in [-0.3, -0.25) is 9.59 Å². The van der Waals surface area contributed by atoms with Gasteiger partial charge in [-0.15, -0.1) is 0 Å². The molecular weight excluding hydrogens is 290 g/mol. The molecule has 2 rings (SSSR count). The molecule has 0 aliphatic carbocycles. The predicted molar refractivity (Wildman–Crippen MR) is 92.9 cm³/mol. The Morgan fingerprint density at radius 3 is 2.48 bits per heavy atom. The van der Waals surface area contributed by atoms with Crippen LogP contribution in [0, 0.1) is 6.92 Å². The first-order chi connectivity index (χ1) is 11.1. The molecule has 5 nitrogen and oxygen atoms in total. The van der Waals surface area contributed by atoms with E-state index in [1.165, 1.54) is 31.7 Å². The van der Waals surface area contributed by atoms with Gasteiger partial charge in [0, 0.05) is 31.4 Å². The summed E-state index contributed by atoms with van der Waals surface area (Å²) in [7, 11) is 0. The second kappa shape index (κ2) is 8.87. The van der Waals surface area contributed by atoms with Crippen LogP contribution >= 0.6 is 0 Å². The maximum atomic E-state index is 12.8. The highest BCUT2D eigenvalue weighted by Gasteiger charge is 2.18. The van der Waals surface area contributed by atoms with E-state index in [2.05, 4.69) is 16.8 Å². The molecule has 0 spiro atoms. The second-order valence-electron chi connectivity index (χ2n) is 6.41. The van der Waals surface area contributed by atoms with Crippen molar-refractivity contribution in [2.75, 3.05) is 32.7 Å². The molecule has 0 unspecified atom stereocenters. The van der Waals surface area contributed by atoms with Crippen LogP contribution in [0.15, 0.2) is 16.9 Å². The lowest BCUT2D eigenvalue weighted by Crippen LogP contribution is -2.40. The highest BCUT2D eigenvalue weighted by atomic mass is 16.2. The molecule has 5 heteroatoms. The summed E-state index contributed by atoms with van der Waals surface area (Å²) < 4.78 is 0. The molecule has 0 saturated carbocycles. The first kappa shape index (κ1) is 17.7. The lowest BCUT2D eigenvalue weighted by molar-refractivity contribution is 0.0734. The zero-order valence-electron chi connectivity index (χ0n) is 14.4. The topological polar surface area (TPSA) is 56.4 Å². The van der Waals surface area contributed by atoms with E-state index in [4.69, 9.17) is 0 Å². The zero-order chi connectivity index (χ0) is 16.7. The lowest BCUT2D eigenvalue weighted by atomic mass is 10.1. The summed E-state index contributed by atoms with van der Waals surface area (Å²) in [6.45, 7) is 8.61. The van der Waals surface area contributed by atoms with Crippen LogP contribution < -0.4 is 5.56 Å². The molecule has 1 N–H and O–H groups in total. The van der Waals surface area contributed by atoms with Crippen LogP contribution in [0.5, 0.6) is 0 Å². The Bertz CT molecular complexity index is 560. The van der Waals surface area contributed by atoms with Crippen molar-refractivity contribution in [1.82, 2.24) is 14.8 Å². The van der Waals surface area contributed by atoms with Gasteiger partial charge >= 0.3 is 0 Å². The molecule has 1 saturated heterocycles. The molecule has 1 amide bonds. The minimum absolute atomic E-state index is 0.0235. The van der Waals surface area contributed by atoms with Crippen molar-refractivity contribution >= 4 is 5.91 Å². The molecule has 2 heterocycles. The molecule has 1 fully saturated rings. The predicted octanol–water partition coefficient (Wildman–Crippen LogP) is 2.41. The zero-order valence-corrected chi connectivity index (χ0v) is 14.4. The minimum atomic E-state index is -0.161. The molecule has 1 aliphatic rings. The van der Waals surface area contributed by atoms with Crippen LogP contribution in [0.4, 0.5) is 0 Å². The van der Waals surface area contributed by atoms with Gasteiger partial charge in [-0.2, -0.15) is 0 Å². The number of hydrogen-bond donors (Lipinski definition) is 1. The minimum Gasteiger partial charge on any atom is -0.337 e. The van der Waals surface area contributed by atoms with Crippen molar-refractivity contribution in [1.29, 1.82) is 0 Å². The lowest BCUT2D eigenvalue weighted by Gasteiger charge is -2.27. The van der Waals surface area contributed by atoms with Gasteiger partial charge < -0.3 is 14.8 Å². The number of aryl methyl sites for hydroxylation is 1. The van der Waals surface area contributed by atoms with Gasteiger partial charge in [0.25, 0.3) is 5.91 Å². The van der Waals surface area contributed by atoms with Gasteiger partial charge in [-0.25, -0.2) is 0 Å². The van der Waals surface area contributed by atoms with E-state index in [0.717, 1.165) is 39.1 Å². The summed E-state index contributed by atoms with van der Waals surface area (Å²) in [5.74, 6) is 0.0235. The normalized spacial score (nSPS) is 16.1. The number of rotatable bonds is 6. The first-order valence-electron chi connectivity index (χ1n) is 8.83. The fourth-order valence-corrected chi connectivity index (χ4v) is 3.19. The van der Waals surface area contributed by atoms with E-state index in [9.17, 15) is 9.59 Å². The van der Waals surface area contributed by atoms with Gasteiger partial charge in [0.2, 0.25) is 5.56 Å². The maximum absolute atomic E-state index is 12.8. The second-order valence-corrected chi connectivity index (χ2v) is 6.41. The van der Waals surface area contributed by atoms with Crippen molar-refractivity contribution in [2.45, 2.75) is 46.0 Å². The number of H-pyrrole nitrogens is 1. The Morgan fingerprint density at radius 2 is 1.87 bits per heavy atom. The van der Waals surface area contributed by atoms with E-state index < -0.39 is 0 Å². The highest BCUT2D eigenvalue weighted by Crippen LogP contribution is 2.11. The van der Waals surface area contributed by atoms with E-state index in [1.807, 2.05) is 4.90 Å². The van der Waals surface area contributed by atoms with E-state index in [1.54, 1.807) is 13.0 Å². The molecule has 0 atom stereocenters. The van der Waals surface area contributed by atoms with Gasteiger partial charge in [0.15, 0.2) is 0 Å². The molecule has 23 heavy (non-hydrogen) atoms. The van der Waals surface area contributed by atoms with Crippen LogP contribution in [0.25, 0.3) is 0 Å². The fourth-order valence-electron chi connectivity index (χ4n) is 3.19. The number of amides is 1. The largest absolute Gasteiger partial charge is 0.337 e. The number of hydrogen-bond acceptors (Lipinski definition) is 3. The molecule has 0 aromatic carbocycles. The van der Waals surface area contributed by atoms with Crippen molar-refractivity contribution in [3.63, 3.8) is 0 Å². The van der Waals surface area contributed by atoms with Crippen LogP contribution in [-0.4, -0.2) is 53.4 Å². The summed E-state index contributed by atoms with van der Waals surface area (Å²) in [5.41, 5.74) is 1.10. The van der Waals surface area contributed by atoms with Crippen LogP contribution in [0.2, 0.25) is 0 Å². The number of nitrogens with zero attached hydrogens (tertiary/aromatic N) is 2. The third-order valence-corrected chi connectivity index (χ3v) is 4.51. The quantitative estimate of drug-likeness (QED) is 0.876. The van der Waals surface area contributed by atoms with Crippen LogP contribution in [0.3, 0.4) is 0 Å². The number of aromatic amines is 1. The standard InChI is InChI=1S/C18H29N3O2/c1-3-10-21(14-13-20-11-6-4-5-7-12-20)18(23)16-8-9-17(22)19-15(16)2/h8-9H,3-7,10-14H2,1-2H3,(H,19,22). The Kier molecular flexibility index (Phi) is 6.84. The molecule has 0 bridgehead atoms. The number of likely N-dealkylation sites (tertiary alicyclic amines) is 1. The molecule has 1 aromatic rings. The third-order valence-electron chi connectivity index (χ3n) is 4.51. The highest BCUT2D eigenvalue weighted by molar-refractivity contribution is 5.95. The van der Waals surface area contributed by atoms with E-state index >= 15 is 0 Å². The average molecular weight is 319 g/mol. The maximum Gasteiger partial charge on any atom is 0.255 e. The summed E-state index contributed by atoms with van der Waals surface area (Å²) in [5, 5.41) is 0. The molecule has 0 radical (unpaired) electrons. The van der Waals surface area contributed by atoms with Crippen molar-refractivity contribution in [3.8, 4) is 0 Å². The smallest absolute Gasteiger partial charge is 0.255 e. The number of nitrogens with one attached hydrogen (secondary N) is 1. The third kappa shape index (κ3) is 5.20. The summed E-state index contributed by atoms with van der Waals surface area (Å²) in [4.78, 5) is 31.2. The number of carbonyl (C=O) groups is 1. The average Bonchev–Trinajstić information content (AvgIpc) is 2.79. The molecule has 1 aliphatic heterocycles.